The van der Waals surface area contributed by atoms with Gasteiger partial charge in [-0.25, -0.2) is 13.8 Å². The fraction of sp³-hybridized carbons (Fsp3) is 0.167. The molecule has 0 spiro atoms. The van der Waals surface area contributed by atoms with Crippen molar-refractivity contribution >= 4 is 11.4 Å². The summed E-state index contributed by atoms with van der Waals surface area (Å²) < 4.78 is 36.5. The summed E-state index contributed by atoms with van der Waals surface area (Å²) in [6.45, 7) is 0. The molecule has 0 fully saturated rings. The number of nitrogens with two attached hydrogens (primary N) is 2. The summed E-state index contributed by atoms with van der Waals surface area (Å²) in [4.78, 5) is 3.01. The molecule has 0 atom stereocenters. The van der Waals surface area contributed by atoms with E-state index in [0.29, 0.717) is 6.20 Å². The van der Waals surface area contributed by atoms with Crippen LogP contribution < -0.4 is 11.5 Å². The van der Waals surface area contributed by atoms with Crippen molar-refractivity contribution in [3.63, 3.8) is 0 Å². The zero-order valence-corrected chi connectivity index (χ0v) is 5.89. The molecule has 1 aromatic heterocycles. The molecule has 1 rings (SSSR count). The maximum atomic E-state index is 12.5. The number of rotatable bonds is 1. The van der Waals surface area contributed by atoms with Gasteiger partial charge in [0.15, 0.2) is 0 Å². The van der Waals surface area contributed by atoms with Crippen LogP contribution in [0.5, 0.6) is 0 Å². The number of hydrogen-bond acceptors (Lipinski definition) is 3. The third-order valence-electron chi connectivity index (χ3n) is 1.38. The second-order valence-electron chi connectivity index (χ2n) is 2.13. The zero-order valence-electron chi connectivity index (χ0n) is 5.89. The fourth-order valence-electron chi connectivity index (χ4n) is 0.706. The summed E-state index contributed by atoms with van der Waals surface area (Å²) in [5.74, 6) is -1.03. The van der Waals surface area contributed by atoms with Crippen molar-refractivity contribution in [1.82, 2.24) is 4.98 Å². The normalized spacial score (nSPS) is 10.7. The maximum Gasteiger partial charge on any atom is 0.267 e. The molecule has 0 aliphatic carbocycles. The summed E-state index contributed by atoms with van der Waals surface area (Å²) >= 11 is 0. The van der Waals surface area contributed by atoms with Gasteiger partial charge in [0.2, 0.25) is 5.95 Å². The Morgan fingerprint density at radius 3 is 2.33 bits per heavy atom. The van der Waals surface area contributed by atoms with Crippen LogP contribution in [0.25, 0.3) is 0 Å². The Morgan fingerprint density at radius 1 is 1.25 bits per heavy atom. The standard InChI is InChI=1S/C6H6F3N3/c7-5(8)2-1-12-6(9)4(11)3(2)10/h1,5H,11H2,(H2,10,12). The molecule has 1 heterocycles. The molecule has 0 aliphatic heterocycles. The molecule has 3 nitrogen and oxygen atoms in total. The lowest BCUT2D eigenvalue weighted by Gasteiger charge is -2.06. The van der Waals surface area contributed by atoms with Crippen molar-refractivity contribution in [2.75, 3.05) is 11.5 Å². The van der Waals surface area contributed by atoms with E-state index < -0.39 is 29.3 Å². The number of aromatic nitrogens is 1. The molecule has 4 N–H and O–H groups in total. The Morgan fingerprint density at radius 2 is 1.83 bits per heavy atom. The maximum absolute atomic E-state index is 12.5. The van der Waals surface area contributed by atoms with Crippen LogP contribution in [0.3, 0.4) is 0 Å². The molecular formula is C6H6F3N3. The van der Waals surface area contributed by atoms with Crippen LogP contribution >= 0.6 is 0 Å². The molecule has 66 valence electrons. The molecule has 0 aromatic carbocycles. The quantitative estimate of drug-likeness (QED) is 0.636. The Bertz CT molecular complexity index is 300. The molecule has 0 radical (unpaired) electrons. The van der Waals surface area contributed by atoms with Crippen LogP contribution in [0.1, 0.15) is 12.0 Å². The van der Waals surface area contributed by atoms with E-state index in [1.165, 1.54) is 0 Å². The first-order valence-corrected chi connectivity index (χ1v) is 3.01. The second-order valence-corrected chi connectivity index (χ2v) is 2.13. The highest BCUT2D eigenvalue weighted by atomic mass is 19.3. The van der Waals surface area contributed by atoms with Gasteiger partial charge in [-0.1, -0.05) is 0 Å². The molecule has 0 amide bonds. The van der Waals surface area contributed by atoms with Gasteiger partial charge in [-0.3, -0.25) is 0 Å². The van der Waals surface area contributed by atoms with Gasteiger partial charge in [0.1, 0.15) is 5.69 Å². The van der Waals surface area contributed by atoms with Crippen molar-refractivity contribution in [3.05, 3.63) is 17.7 Å². The molecule has 0 aliphatic rings. The van der Waals surface area contributed by atoms with Crippen LogP contribution in [0.4, 0.5) is 24.5 Å². The van der Waals surface area contributed by atoms with Crippen LogP contribution in [0.15, 0.2) is 6.20 Å². The molecule has 12 heavy (non-hydrogen) atoms. The molecule has 6 heteroatoms. The third-order valence-corrected chi connectivity index (χ3v) is 1.38. The minimum absolute atomic E-state index is 0.447. The number of pyridine rings is 1. The van der Waals surface area contributed by atoms with Gasteiger partial charge in [0.25, 0.3) is 6.43 Å². The first-order chi connectivity index (χ1) is 5.54. The van der Waals surface area contributed by atoms with Crippen LogP contribution in [-0.4, -0.2) is 4.98 Å². The number of nitrogens with zero attached hydrogens (tertiary/aromatic N) is 1. The molecular weight excluding hydrogens is 171 g/mol. The molecule has 0 bridgehead atoms. The SMILES string of the molecule is Nc1c(C(F)F)cnc(F)c1N. The second kappa shape index (κ2) is 2.88. The lowest BCUT2D eigenvalue weighted by Crippen LogP contribution is -2.04. The van der Waals surface area contributed by atoms with Crippen molar-refractivity contribution in [1.29, 1.82) is 0 Å². The first kappa shape index (κ1) is 8.63. The smallest absolute Gasteiger partial charge is 0.267 e. The Balaban J connectivity index is 3.27. The summed E-state index contributed by atoms with van der Waals surface area (Å²) in [7, 11) is 0. The van der Waals surface area contributed by atoms with E-state index in [1.807, 2.05) is 0 Å². The average molecular weight is 177 g/mol. The average Bonchev–Trinajstić information content (AvgIpc) is 2.00. The van der Waals surface area contributed by atoms with E-state index in [-0.39, 0.29) is 0 Å². The molecule has 0 saturated carbocycles. The number of anilines is 2. The highest BCUT2D eigenvalue weighted by Gasteiger charge is 2.16. The van der Waals surface area contributed by atoms with Crippen molar-refractivity contribution < 1.29 is 13.2 Å². The summed E-state index contributed by atoms with van der Waals surface area (Å²) in [6.07, 6.45) is -2.12. The Kier molecular flexibility index (Phi) is 2.07. The Hall–Kier alpha value is -1.46. The highest BCUT2D eigenvalue weighted by molar-refractivity contribution is 5.66. The van der Waals surface area contributed by atoms with Crippen molar-refractivity contribution in [3.8, 4) is 0 Å². The monoisotopic (exact) mass is 177 g/mol. The van der Waals surface area contributed by atoms with Crippen molar-refractivity contribution in [2.45, 2.75) is 6.43 Å². The lowest BCUT2D eigenvalue weighted by atomic mass is 10.2. The van der Waals surface area contributed by atoms with Crippen molar-refractivity contribution in [2.24, 2.45) is 0 Å². The largest absolute Gasteiger partial charge is 0.396 e. The van der Waals surface area contributed by atoms with Crippen LogP contribution in [0, 0.1) is 5.95 Å². The van der Waals surface area contributed by atoms with E-state index in [2.05, 4.69) is 4.98 Å². The molecule has 0 saturated heterocycles. The predicted molar refractivity (Wildman–Crippen MR) is 38.0 cm³/mol. The van der Waals surface area contributed by atoms with Gasteiger partial charge < -0.3 is 11.5 Å². The first-order valence-electron chi connectivity index (χ1n) is 3.01. The van der Waals surface area contributed by atoms with Gasteiger partial charge in [-0.05, 0) is 0 Å². The van der Waals surface area contributed by atoms with Gasteiger partial charge >= 0.3 is 0 Å². The lowest BCUT2D eigenvalue weighted by molar-refractivity contribution is 0.151. The van der Waals surface area contributed by atoms with E-state index in [0.717, 1.165) is 0 Å². The minimum atomic E-state index is -2.79. The van der Waals surface area contributed by atoms with E-state index >= 15 is 0 Å². The molecule has 1 aromatic rings. The van der Waals surface area contributed by atoms with Gasteiger partial charge in [-0.15, -0.1) is 0 Å². The van der Waals surface area contributed by atoms with Crippen LogP contribution in [-0.2, 0) is 0 Å². The molecule has 0 unspecified atom stereocenters. The topological polar surface area (TPSA) is 64.9 Å². The Labute approximate surface area is 66.2 Å². The van der Waals surface area contributed by atoms with Gasteiger partial charge in [0.05, 0.1) is 11.3 Å². The summed E-state index contributed by atoms with van der Waals surface area (Å²) in [5, 5.41) is 0. The van der Waals surface area contributed by atoms with Gasteiger partial charge in [0, 0.05) is 6.20 Å². The minimum Gasteiger partial charge on any atom is -0.396 e. The summed E-state index contributed by atoms with van der Waals surface area (Å²) in [5.41, 5.74) is 8.60. The third kappa shape index (κ3) is 1.27. The van der Waals surface area contributed by atoms with Crippen LogP contribution in [0.2, 0.25) is 0 Å². The van der Waals surface area contributed by atoms with E-state index in [1.54, 1.807) is 0 Å². The predicted octanol–water partition coefficient (Wildman–Crippen LogP) is 1.32. The van der Waals surface area contributed by atoms with E-state index in [4.69, 9.17) is 11.5 Å². The summed E-state index contributed by atoms with van der Waals surface area (Å²) in [6, 6.07) is 0. The number of halogens is 3. The zero-order chi connectivity index (χ0) is 9.30. The number of nitrogen functional groups attached to an aromatic ring is 2. The number of alkyl halides is 2. The van der Waals surface area contributed by atoms with E-state index in [9.17, 15) is 13.2 Å². The number of hydrogen-bond donors (Lipinski definition) is 2. The van der Waals surface area contributed by atoms with Gasteiger partial charge in [-0.2, -0.15) is 4.39 Å². The fourth-order valence-corrected chi connectivity index (χ4v) is 0.706. The highest BCUT2D eigenvalue weighted by Crippen LogP contribution is 2.29.